The molecule has 0 atom stereocenters. The Hall–Kier alpha value is -2.71. The lowest BCUT2D eigenvalue weighted by atomic mass is 9.95. The van der Waals surface area contributed by atoms with E-state index in [4.69, 9.17) is 13.6 Å². The van der Waals surface area contributed by atoms with Gasteiger partial charge in [-0.3, -0.25) is 0 Å². The Morgan fingerprint density at radius 3 is 0.636 bits per heavy atom. The number of rotatable bonds is 54. The van der Waals surface area contributed by atoms with Crippen molar-refractivity contribution in [1.82, 2.24) is 0 Å². The van der Waals surface area contributed by atoms with Crippen molar-refractivity contribution in [1.29, 1.82) is 0 Å². The molecule has 0 spiro atoms. The molecular weight excluding hydrogens is 960 g/mol. The second kappa shape index (κ2) is 47.0. The zero-order chi connectivity index (χ0) is 55.1. The van der Waals surface area contributed by atoms with Crippen LogP contribution in [0.25, 0.3) is 0 Å². The largest absolute Gasteiger partial charge is 0.647 e. The second-order valence-electron chi connectivity index (χ2n) is 23.6. The molecule has 0 fully saturated rings. The Kier molecular flexibility index (Phi) is 41.8. The van der Waals surface area contributed by atoms with Crippen LogP contribution in [0, 0.1) is 0 Å². The minimum atomic E-state index is -4.34. The third kappa shape index (κ3) is 31.8. The molecule has 0 saturated carbocycles. The zero-order valence-electron chi connectivity index (χ0n) is 51.7. The lowest BCUT2D eigenvalue weighted by molar-refractivity contribution is 0.294. The zero-order valence-corrected chi connectivity index (χ0v) is 52.6. The van der Waals surface area contributed by atoms with Gasteiger partial charge >= 0.3 is 7.82 Å². The van der Waals surface area contributed by atoms with Crippen LogP contribution in [-0.4, -0.2) is 0 Å². The molecule has 0 saturated heterocycles. The van der Waals surface area contributed by atoms with Crippen LogP contribution in [0.2, 0.25) is 0 Å². The molecule has 77 heavy (non-hydrogen) atoms. The third-order valence-corrected chi connectivity index (χ3v) is 17.8. The molecule has 0 bridgehead atoms. The van der Waals surface area contributed by atoms with Gasteiger partial charge in [0.1, 0.15) is 17.2 Å². The van der Waals surface area contributed by atoms with Gasteiger partial charge < -0.3 is 13.6 Å². The molecular formula is C72H123O4P. The van der Waals surface area contributed by atoms with Gasteiger partial charge in [-0.1, -0.05) is 309 Å². The summed E-state index contributed by atoms with van der Waals surface area (Å²) in [6.45, 7) is 13.8. The topological polar surface area (TPSA) is 44.8 Å². The van der Waals surface area contributed by atoms with Crippen LogP contribution < -0.4 is 13.6 Å². The highest BCUT2D eigenvalue weighted by Crippen LogP contribution is 2.53. The summed E-state index contributed by atoms with van der Waals surface area (Å²) in [6.07, 6.45) is 58.9. The van der Waals surface area contributed by atoms with Crippen LogP contribution in [0.3, 0.4) is 0 Å². The molecule has 0 heterocycles. The molecule has 0 amide bonds. The van der Waals surface area contributed by atoms with Crippen molar-refractivity contribution in [3.63, 3.8) is 0 Å². The summed E-state index contributed by atoms with van der Waals surface area (Å²) >= 11 is 0. The maximum absolute atomic E-state index is 16.4. The molecule has 3 aromatic carbocycles. The Bertz CT molecular complexity index is 1670. The monoisotopic (exact) mass is 1080 g/mol. The molecule has 4 nitrogen and oxygen atoms in total. The van der Waals surface area contributed by atoms with Gasteiger partial charge in [0.2, 0.25) is 0 Å². The van der Waals surface area contributed by atoms with E-state index in [0.717, 1.165) is 77.0 Å². The van der Waals surface area contributed by atoms with Gasteiger partial charge in [-0.05, 0) is 129 Å². The molecule has 440 valence electrons. The Morgan fingerprint density at radius 2 is 0.429 bits per heavy atom. The number of phosphoric acid groups is 1. The third-order valence-electron chi connectivity index (χ3n) is 16.6. The molecule has 0 aromatic heterocycles. The van der Waals surface area contributed by atoms with Crippen molar-refractivity contribution in [2.24, 2.45) is 0 Å². The van der Waals surface area contributed by atoms with E-state index in [9.17, 15) is 0 Å². The van der Waals surface area contributed by atoms with Crippen LogP contribution in [0.4, 0.5) is 0 Å². The van der Waals surface area contributed by atoms with Gasteiger partial charge in [0, 0.05) is 0 Å². The average molecular weight is 1080 g/mol. The fourth-order valence-electron chi connectivity index (χ4n) is 11.7. The van der Waals surface area contributed by atoms with E-state index in [1.807, 2.05) is 0 Å². The van der Waals surface area contributed by atoms with Crippen molar-refractivity contribution >= 4 is 7.82 Å². The van der Waals surface area contributed by atoms with Crippen LogP contribution >= 0.6 is 7.82 Å². The number of hydrogen-bond acceptors (Lipinski definition) is 4. The standard InChI is InChI=1S/C72H123O4P/c1-7-13-19-25-31-37-43-52-64-55-49-61-70(67(64)58-46-40-34-28-22-16-10-4)74-77(73,75-71-62-50-56-65(53-44-38-32-26-20-14-8-2)68(71)59-47-41-35-29-23-17-11-5)76-72-63-51-57-66(54-45-39-33-27-21-15-9-3)69(72)60-48-42-36-30-24-18-12-6/h49-51,55-57,61-63H,7-48,52-54,58-60H2,1-6H3. The minimum Gasteiger partial charge on any atom is -0.386 e. The molecule has 3 aromatic rings. The van der Waals surface area contributed by atoms with Gasteiger partial charge in [-0.15, -0.1) is 0 Å². The van der Waals surface area contributed by atoms with Crippen LogP contribution in [0.15, 0.2) is 54.6 Å². The Labute approximate surface area is 478 Å². The molecule has 0 aliphatic heterocycles. The van der Waals surface area contributed by atoms with E-state index in [1.165, 1.54) is 265 Å². The summed E-state index contributed by atoms with van der Waals surface area (Å²) in [6, 6.07) is 19.5. The van der Waals surface area contributed by atoms with E-state index >= 15 is 4.57 Å². The average Bonchev–Trinajstić information content (AvgIpc) is 3.43. The first-order valence-corrected chi connectivity index (χ1v) is 35.4. The molecule has 3 rings (SSSR count). The summed E-state index contributed by atoms with van der Waals surface area (Å²) < 4.78 is 37.8. The predicted molar refractivity (Wildman–Crippen MR) is 339 cm³/mol. The molecule has 0 radical (unpaired) electrons. The predicted octanol–water partition coefficient (Wildman–Crippen LogP) is 25.1. The summed E-state index contributed by atoms with van der Waals surface area (Å²) in [4.78, 5) is 0. The number of phosphoric ester groups is 1. The summed E-state index contributed by atoms with van der Waals surface area (Å²) in [7, 11) is -4.34. The maximum Gasteiger partial charge on any atom is 0.647 e. The number of benzene rings is 3. The number of hydrogen-bond donors (Lipinski definition) is 0. The van der Waals surface area contributed by atoms with Crippen LogP contribution in [-0.2, 0) is 43.1 Å². The summed E-state index contributed by atoms with van der Waals surface area (Å²) in [5, 5.41) is 0. The Morgan fingerprint density at radius 1 is 0.247 bits per heavy atom. The number of aryl methyl sites for hydroxylation is 3. The van der Waals surface area contributed by atoms with Gasteiger partial charge in [-0.25, -0.2) is 0 Å². The van der Waals surface area contributed by atoms with Crippen molar-refractivity contribution in [3.8, 4) is 17.2 Å². The van der Waals surface area contributed by atoms with E-state index in [1.54, 1.807) is 0 Å². The van der Waals surface area contributed by atoms with Crippen LogP contribution in [0.5, 0.6) is 17.2 Å². The highest BCUT2D eigenvalue weighted by Gasteiger charge is 2.36. The highest BCUT2D eigenvalue weighted by atomic mass is 31.2. The van der Waals surface area contributed by atoms with Crippen molar-refractivity contribution in [3.05, 3.63) is 88.0 Å². The summed E-state index contributed by atoms with van der Waals surface area (Å²) in [5.74, 6) is 2.04. The van der Waals surface area contributed by atoms with Gasteiger partial charge in [-0.2, -0.15) is 4.57 Å². The van der Waals surface area contributed by atoms with Crippen LogP contribution in [0.1, 0.15) is 345 Å². The van der Waals surface area contributed by atoms with E-state index in [2.05, 4.69) is 96.1 Å². The van der Waals surface area contributed by atoms with E-state index in [-0.39, 0.29) is 0 Å². The smallest absolute Gasteiger partial charge is 0.386 e. The van der Waals surface area contributed by atoms with Gasteiger partial charge in [0.25, 0.3) is 0 Å². The van der Waals surface area contributed by atoms with Gasteiger partial charge in [0.15, 0.2) is 0 Å². The first kappa shape index (κ1) is 68.6. The SMILES string of the molecule is CCCCCCCCCc1cccc(OP(=O)(Oc2cccc(CCCCCCCCC)c2CCCCCCCCC)Oc2cccc(CCCCCCCCC)c2CCCCCCCCC)c1CCCCCCCCC. The summed E-state index contributed by atoms with van der Waals surface area (Å²) in [5.41, 5.74) is 7.60. The fourth-order valence-corrected chi connectivity index (χ4v) is 13.0. The molecule has 0 N–H and O–H groups in total. The lowest BCUT2D eigenvalue weighted by Gasteiger charge is -2.25. The quantitative estimate of drug-likeness (QED) is 0.0417. The molecule has 5 heteroatoms. The highest BCUT2D eigenvalue weighted by molar-refractivity contribution is 7.49. The number of unbranched alkanes of at least 4 members (excludes halogenated alkanes) is 36. The molecule has 0 aliphatic rings. The fraction of sp³-hybridized carbons (Fsp3) is 0.750. The van der Waals surface area contributed by atoms with Crippen molar-refractivity contribution < 1.29 is 18.1 Å². The first-order valence-electron chi connectivity index (χ1n) is 33.9. The van der Waals surface area contributed by atoms with Crippen molar-refractivity contribution in [2.45, 2.75) is 350 Å². The van der Waals surface area contributed by atoms with Gasteiger partial charge in [0.05, 0.1) is 0 Å². The van der Waals surface area contributed by atoms with E-state index < -0.39 is 7.82 Å². The first-order chi connectivity index (χ1) is 37.9. The Balaban J connectivity index is 2.14. The minimum absolute atomic E-state index is 0.681. The maximum atomic E-state index is 16.4. The second-order valence-corrected chi connectivity index (χ2v) is 25.1. The lowest BCUT2D eigenvalue weighted by Crippen LogP contribution is -2.12. The molecule has 0 aliphatic carbocycles. The normalized spacial score (nSPS) is 11.7. The van der Waals surface area contributed by atoms with E-state index in [0.29, 0.717) is 17.2 Å². The molecule has 0 unspecified atom stereocenters. The van der Waals surface area contributed by atoms with Crippen molar-refractivity contribution in [2.75, 3.05) is 0 Å².